The number of piperidine rings is 1. The Hall–Kier alpha value is -2.11. The fraction of sp³-hybridized carbons (Fsp3) is 0.429. The maximum absolute atomic E-state index is 13.4. The number of nitrogens with one attached hydrogen (secondary N) is 2. The Morgan fingerprint density at radius 1 is 1.25 bits per heavy atom. The van der Waals surface area contributed by atoms with E-state index in [1.807, 2.05) is 0 Å². The number of urea groups is 1. The molecule has 2 rings (SSSR count). The van der Waals surface area contributed by atoms with Gasteiger partial charge in [0.25, 0.3) is 0 Å². The van der Waals surface area contributed by atoms with Gasteiger partial charge in [-0.3, -0.25) is 4.79 Å². The molecule has 108 valence electrons. The van der Waals surface area contributed by atoms with Crippen LogP contribution >= 0.6 is 0 Å². The van der Waals surface area contributed by atoms with E-state index in [1.165, 1.54) is 12.1 Å². The molecule has 0 unspecified atom stereocenters. The smallest absolute Gasteiger partial charge is 0.321 e. The first-order valence-electron chi connectivity index (χ1n) is 6.64. The zero-order chi connectivity index (χ0) is 14.5. The summed E-state index contributed by atoms with van der Waals surface area (Å²) in [5, 5.41) is 5.17. The monoisotopic (exact) mass is 279 g/mol. The van der Waals surface area contributed by atoms with Gasteiger partial charge in [0.05, 0.1) is 5.69 Å². The lowest BCUT2D eigenvalue weighted by Crippen LogP contribution is -2.44. The summed E-state index contributed by atoms with van der Waals surface area (Å²) in [6.45, 7) is 0.997. The molecule has 5 nitrogen and oxygen atoms in total. The number of likely N-dealkylation sites (tertiary alicyclic amines) is 1. The number of benzene rings is 1. The van der Waals surface area contributed by atoms with Crippen molar-refractivity contribution < 1.29 is 14.0 Å². The highest BCUT2D eigenvalue weighted by Gasteiger charge is 2.26. The van der Waals surface area contributed by atoms with Gasteiger partial charge < -0.3 is 15.5 Å². The molecule has 0 saturated carbocycles. The number of halogens is 1. The average molecular weight is 279 g/mol. The van der Waals surface area contributed by atoms with Crippen LogP contribution in [-0.4, -0.2) is 37.0 Å². The zero-order valence-corrected chi connectivity index (χ0v) is 11.4. The molecule has 1 aliphatic rings. The first-order chi connectivity index (χ1) is 9.61. The van der Waals surface area contributed by atoms with Crippen LogP contribution < -0.4 is 10.6 Å². The van der Waals surface area contributed by atoms with Crippen LogP contribution in [0.15, 0.2) is 24.3 Å². The first kappa shape index (κ1) is 14.3. The van der Waals surface area contributed by atoms with E-state index in [9.17, 15) is 14.0 Å². The second kappa shape index (κ2) is 6.36. The third-order valence-electron chi connectivity index (χ3n) is 3.51. The van der Waals surface area contributed by atoms with E-state index >= 15 is 0 Å². The summed E-state index contributed by atoms with van der Waals surface area (Å²) in [5.41, 5.74) is 0.172. The molecule has 0 bridgehead atoms. The number of amides is 3. The van der Waals surface area contributed by atoms with E-state index in [-0.39, 0.29) is 23.5 Å². The molecule has 1 saturated heterocycles. The summed E-state index contributed by atoms with van der Waals surface area (Å²) in [4.78, 5) is 25.1. The number of hydrogen-bond donors (Lipinski definition) is 2. The lowest BCUT2D eigenvalue weighted by Gasteiger charge is -2.31. The van der Waals surface area contributed by atoms with Crippen LogP contribution in [0.2, 0.25) is 0 Å². The fourth-order valence-electron chi connectivity index (χ4n) is 2.31. The van der Waals surface area contributed by atoms with Gasteiger partial charge in [-0.2, -0.15) is 0 Å². The molecule has 0 radical (unpaired) electrons. The molecule has 0 atom stereocenters. The lowest BCUT2D eigenvalue weighted by molar-refractivity contribution is -0.125. The van der Waals surface area contributed by atoms with Crippen molar-refractivity contribution in [1.82, 2.24) is 10.2 Å². The van der Waals surface area contributed by atoms with Gasteiger partial charge in [0, 0.05) is 26.1 Å². The number of carbonyl (C=O) groups is 2. The number of nitrogens with zero attached hydrogens (tertiary/aromatic N) is 1. The summed E-state index contributed by atoms with van der Waals surface area (Å²) in [5.74, 6) is -0.488. The predicted molar refractivity (Wildman–Crippen MR) is 73.8 cm³/mol. The summed E-state index contributed by atoms with van der Waals surface area (Å²) < 4.78 is 13.4. The molecule has 1 aliphatic heterocycles. The quantitative estimate of drug-likeness (QED) is 0.867. The largest absolute Gasteiger partial charge is 0.359 e. The van der Waals surface area contributed by atoms with E-state index < -0.39 is 5.82 Å². The van der Waals surface area contributed by atoms with Gasteiger partial charge in [-0.15, -0.1) is 0 Å². The topological polar surface area (TPSA) is 61.4 Å². The Bertz CT molecular complexity index is 499. The second-order valence-electron chi connectivity index (χ2n) is 4.79. The molecular formula is C14H18FN3O2. The van der Waals surface area contributed by atoms with Gasteiger partial charge in [0.2, 0.25) is 5.91 Å². The minimum Gasteiger partial charge on any atom is -0.359 e. The maximum Gasteiger partial charge on any atom is 0.321 e. The van der Waals surface area contributed by atoms with Crippen LogP contribution in [0.4, 0.5) is 14.9 Å². The first-order valence-corrected chi connectivity index (χ1v) is 6.64. The average Bonchev–Trinajstić information content (AvgIpc) is 2.49. The third kappa shape index (κ3) is 3.26. The van der Waals surface area contributed by atoms with Crippen molar-refractivity contribution in [1.29, 1.82) is 0 Å². The van der Waals surface area contributed by atoms with Crippen LogP contribution in [0.3, 0.4) is 0 Å². The van der Waals surface area contributed by atoms with Crippen molar-refractivity contribution in [3.05, 3.63) is 30.1 Å². The van der Waals surface area contributed by atoms with Gasteiger partial charge in [-0.05, 0) is 25.0 Å². The Morgan fingerprint density at radius 2 is 1.90 bits per heavy atom. The normalized spacial score (nSPS) is 15.8. The lowest BCUT2D eigenvalue weighted by atomic mass is 9.96. The Kier molecular flexibility index (Phi) is 4.55. The van der Waals surface area contributed by atoms with Crippen LogP contribution in [0.5, 0.6) is 0 Å². The van der Waals surface area contributed by atoms with E-state index in [4.69, 9.17) is 0 Å². The third-order valence-corrected chi connectivity index (χ3v) is 3.51. The van der Waals surface area contributed by atoms with Gasteiger partial charge in [0.1, 0.15) is 5.82 Å². The highest BCUT2D eigenvalue weighted by atomic mass is 19.1. The maximum atomic E-state index is 13.4. The molecular weight excluding hydrogens is 261 g/mol. The van der Waals surface area contributed by atoms with Gasteiger partial charge in [0.15, 0.2) is 0 Å². The number of hydrogen-bond acceptors (Lipinski definition) is 2. The van der Waals surface area contributed by atoms with E-state index in [1.54, 1.807) is 24.1 Å². The molecule has 1 heterocycles. The molecule has 0 aliphatic carbocycles. The molecule has 0 aromatic heterocycles. The van der Waals surface area contributed by atoms with Gasteiger partial charge in [-0.25, -0.2) is 9.18 Å². The number of carbonyl (C=O) groups excluding carboxylic acids is 2. The van der Waals surface area contributed by atoms with Crippen molar-refractivity contribution in [2.75, 3.05) is 25.5 Å². The van der Waals surface area contributed by atoms with Crippen molar-refractivity contribution in [3.63, 3.8) is 0 Å². The van der Waals surface area contributed by atoms with Crippen LogP contribution in [0.25, 0.3) is 0 Å². The summed E-state index contributed by atoms with van der Waals surface area (Å²) in [6.07, 6.45) is 1.26. The van der Waals surface area contributed by atoms with Crippen molar-refractivity contribution in [3.8, 4) is 0 Å². The molecule has 20 heavy (non-hydrogen) atoms. The van der Waals surface area contributed by atoms with Crippen LogP contribution in [0, 0.1) is 11.7 Å². The molecule has 3 amide bonds. The van der Waals surface area contributed by atoms with Crippen molar-refractivity contribution in [2.45, 2.75) is 12.8 Å². The molecule has 1 fully saturated rings. The predicted octanol–water partition coefficient (Wildman–Crippen LogP) is 1.82. The minimum atomic E-state index is -0.457. The fourth-order valence-corrected chi connectivity index (χ4v) is 2.31. The zero-order valence-electron chi connectivity index (χ0n) is 11.4. The SMILES string of the molecule is CNC(=O)C1CCN(C(=O)Nc2ccccc2F)CC1. The summed E-state index contributed by atoms with van der Waals surface area (Å²) >= 11 is 0. The van der Waals surface area contributed by atoms with E-state index in [0.717, 1.165) is 0 Å². The van der Waals surface area contributed by atoms with Crippen molar-refractivity contribution >= 4 is 17.6 Å². The minimum absolute atomic E-state index is 0.0131. The summed E-state index contributed by atoms with van der Waals surface area (Å²) in [6, 6.07) is 5.72. The number of para-hydroxylation sites is 1. The molecule has 1 aromatic carbocycles. The highest BCUT2D eigenvalue weighted by molar-refractivity contribution is 5.89. The molecule has 0 spiro atoms. The van der Waals surface area contributed by atoms with Gasteiger partial charge >= 0.3 is 6.03 Å². The highest BCUT2D eigenvalue weighted by Crippen LogP contribution is 2.19. The van der Waals surface area contributed by atoms with E-state index in [2.05, 4.69) is 10.6 Å². The second-order valence-corrected chi connectivity index (χ2v) is 4.79. The van der Waals surface area contributed by atoms with Gasteiger partial charge in [-0.1, -0.05) is 12.1 Å². The Balaban J connectivity index is 1.89. The molecule has 2 N–H and O–H groups in total. The summed E-state index contributed by atoms with van der Waals surface area (Å²) in [7, 11) is 1.61. The number of anilines is 1. The molecule has 1 aromatic rings. The van der Waals surface area contributed by atoms with Crippen molar-refractivity contribution in [2.24, 2.45) is 5.92 Å². The van der Waals surface area contributed by atoms with Crippen LogP contribution in [-0.2, 0) is 4.79 Å². The number of rotatable bonds is 2. The Labute approximate surface area is 117 Å². The van der Waals surface area contributed by atoms with E-state index in [0.29, 0.717) is 25.9 Å². The van der Waals surface area contributed by atoms with Crippen LogP contribution in [0.1, 0.15) is 12.8 Å². The Morgan fingerprint density at radius 3 is 2.50 bits per heavy atom. The molecule has 6 heteroatoms. The standard InChI is InChI=1S/C14H18FN3O2/c1-16-13(19)10-6-8-18(9-7-10)14(20)17-12-5-3-2-4-11(12)15/h2-5,10H,6-9H2,1H3,(H,16,19)(H,17,20).